The fraction of sp³-hybridized carbons (Fsp3) is 0.474. The van der Waals surface area contributed by atoms with E-state index < -0.39 is 0 Å². The Morgan fingerprint density at radius 3 is 2.88 bits per heavy atom. The monoisotopic (exact) mass is 357 g/mol. The molecule has 0 aromatic carbocycles. The van der Waals surface area contributed by atoms with Gasteiger partial charge in [-0.2, -0.15) is 11.3 Å². The second kappa shape index (κ2) is 7.04. The average Bonchev–Trinajstić information content (AvgIpc) is 3.36. The Labute approximate surface area is 152 Å². The van der Waals surface area contributed by atoms with Crippen LogP contribution in [0, 0.1) is 6.92 Å². The number of amides is 1. The first-order valence-electron chi connectivity index (χ1n) is 8.91. The largest absolute Gasteiger partial charge is 0.485 e. The van der Waals surface area contributed by atoms with Gasteiger partial charge in [-0.3, -0.25) is 4.79 Å². The zero-order chi connectivity index (χ0) is 17.2. The molecular weight excluding hydrogens is 334 g/mol. The van der Waals surface area contributed by atoms with Crippen LogP contribution in [0.15, 0.2) is 29.1 Å². The van der Waals surface area contributed by atoms with Crippen molar-refractivity contribution in [3.8, 4) is 5.75 Å². The quantitative estimate of drug-likeness (QED) is 0.842. The lowest BCUT2D eigenvalue weighted by atomic mass is 10.2. The van der Waals surface area contributed by atoms with Crippen molar-refractivity contribution in [2.24, 2.45) is 0 Å². The molecule has 1 amide bonds. The number of carbonyl (C=O) groups is 1. The van der Waals surface area contributed by atoms with Crippen molar-refractivity contribution >= 4 is 23.1 Å². The van der Waals surface area contributed by atoms with E-state index in [0.29, 0.717) is 6.54 Å². The first-order chi connectivity index (χ1) is 12.2. The van der Waals surface area contributed by atoms with Crippen LogP contribution in [0.2, 0.25) is 0 Å². The molecule has 2 aliphatic heterocycles. The van der Waals surface area contributed by atoms with E-state index in [1.54, 1.807) is 11.3 Å². The number of thiophene rings is 1. The maximum Gasteiger partial charge on any atom is 0.255 e. The molecule has 0 spiro atoms. The molecule has 0 saturated carbocycles. The van der Waals surface area contributed by atoms with Gasteiger partial charge in [-0.15, -0.1) is 0 Å². The second-order valence-electron chi connectivity index (χ2n) is 6.77. The van der Waals surface area contributed by atoms with Gasteiger partial charge < -0.3 is 14.5 Å². The Morgan fingerprint density at radius 1 is 1.28 bits per heavy atom. The van der Waals surface area contributed by atoms with Gasteiger partial charge in [-0.05, 0) is 42.8 Å². The summed E-state index contributed by atoms with van der Waals surface area (Å²) < 4.78 is 6.25. The maximum atomic E-state index is 12.7. The van der Waals surface area contributed by atoms with Gasteiger partial charge in [0.25, 0.3) is 5.91 Å². The number of rotatable bonds is 4. The van der Waals surface area contributed by atoms with Gasteiger partial charge in [0.05, 0.1) is 12.1 Å². The number of pyridine rings is 1. The number of ether oxygens (including phenoxy) is 1. The summed E-state index contributed by atoms with van der Waals surface area (Å²) in [7, 11) is 0. The zero-order valence-electron chi connectivity index (χ0n) is 14.5. The van der Waals surface area contributed by atoms with Crippen LogP contribution >= 0.6 is 11.3 Å². The van der Waals surface area contributed by atoms with E-state index in [-0.39, 0.29) is 12.0 Å². The second-order valence-corrected chi connectivity index (χ2v) is 7.51. The van der Waals surface area contributed by atoms with E-state index in [4.69, 9.17) is 4.74 Å². The highest BCUT2D eigenvalue weighted by Gasteiger charge is 2.30. The average molecular weight is 357 g/mol. The number of hydrogen-bond acceptors (Lipinski definition) is 5. The van der Waals surface area contributed by atoms with Gasteiger partial charge in [0.1, 0.15) is 6.10 Å². The third-order valence-electron chi connectivity index (χ3n) is 4.97. The van der Waals surface area contributed by atoms with Crippen molar-refractivity contribution in [3.05, 3.63) is 40.2 Å². The molecule has 2 saturated heterocycles. The molecule has 0 aliphatic carbocycles. The van der Waals surface area contributed by atoms with Crippen molar-refractivity contribution in [2.45, 2.75) is 32.3 Å². The molecule has 25 heavy (non-hydrogen) atoms. The smallest absolute Gasteiger partial charge is 0.255 e. The summed E-state index contributed by atoms with van der Waals surface area (Å²) in [5.41, 5.74) is 1.88. The first kappa shape index (κ1) is 16.4. The summed E-state index contributed by atoms with van der Waals surface area (Å²) in [6.07, 6.45) is 5.14. The molecule has 0 bridgehead atoms. The molecule has 132 valence electrons. The Kier molecular flexibility index (Phi) is 4.61. The molecule has 0 N–H and O–H groups in total. The summed E-state index contributed by atoms with van der Waals surface area (Å²) >= 11 is 1.58. The Bertz CT molecular complexity index is 755. The molecule has 6 heteroatoms. The Balaban J connectivity index is 1.43. The van der Waals surface area contributed by atoms with Gasteiger partial charge in [0, 0.05) is 37.6 Å². The molecule has 2 aliphatic rings. The van der Waals surface area contributed by atoms with Crippen molar-refractivity contribution < 1.29 is 9.53 Å². The summed E-state index contributed by atoms with van der Waals surface area (Å²) in [6, 6.07) is 3.91. The number of anilines is 1. The summed E-state index contributed by atoms with van der Waals surface area (Å²) in [6.45, 7) is 5.46. The topological polar surface area (TPSA) is 45.7 Å². The lowest BCUT2D eigenvalue weighted by Crippen LogP contribution is -2.31. The molecule has 5 nitrogen and oxygen atoms in total. The van der Waals surface area contributed by atoms with Gasteiger partial charge >= 0.3 is 0 Å². The number of hydrogen-bond donors (Lipinski definition) is 0. The number of aromatic nitrogens is 1. The fourth-order valence-corrected chi connectivity index (χ4v) is 4.40. The van der Waals surface area contributed by atoms with Crippen molar-refractivity contribution in [3.63, 3.8) is 0 Å². The number of aryl methyl sites for hydroxylation is 1. The first-order valence-corrected chi connectivity index (χ1v) is 9.85. The Morgan fingerprint density at radius 2 is 2.12 bits per heavy atom. The highest BCUT2D eigenvalue weighted by molar-refractivity contribution is 7.08. The van der Waals surface area contributed by atoms with Crippen LogP contribution in [-0.2, 0) is 0 Å². The molecule has 0 unspecified atom stereocenters. The third-order valence-corrected chi connectivity index (χ3v) is 5.83. The lowest BCUT2D eigenvalue weighted by molar-refractivity contribution is 0.0772. The molecule has 4 heterocycles. The molecule has 2 fully saturated rings. The molecule has 2 aromatic rings. The molecule has 1 atom stereocenters. The summed E-state index contributed by atoms with van der Waals surface area (Å²) in [4.78, 5) is 21.4. The van der Waals surface area contributed by atoms with Gasteiger partial charge in [-0.25, -0.2) is 4.98 Å². The van der Waals surface area contributed by atoms with Crippen LogP contribution in [0.5, 0.6) is 5.75 Å². The van der Waals surface area contributed by atoms with Crippen molar-refractivity contribution in [1.29, 1.82) is 0 Å². The molecule has 2 aromatic heterocycles. The molecular formula is C19H23N3O2S. The van der Waals surface area contributed by atoms with E-state index in [1.807, 2.05) is 40.9 Å². The van der Waals surface area contributed by atoms with E-state index in [2.05, 4.69) is 9.88 Å². The minimum absolute atomic E-state index is 0.0356. The van der Waals surface area contributed by atoms with Crippen molar-refractivity contribution in [2.75, 3.05) is 31.1 Å². The predicted octanol–water partition coefficient (Wildman–Crippen LogP) is 3.35. The zero-order valence-corrected chi connectivity index (χ0v) is 15.3. The Hall–Kier alpha value is -2.08. The van der Waals surface area contributed by atoms with Crippen LogP contribution in [0.25, 0.3) is 0 Å². The van der Waals surface area contributed by atoms with E-state index in [0.717, 1.165) is 48.7 Å². The van der Waals surface area contributed by atoms with Gasteiger partial charge in [0.2, 0.25) is 0 Å². The number of likely N-dealkylation sites (tertiary alicyclic amines) is 1. The number of carbonyl (C=O) groups excluding carboxylic acids is 1. The van der Waals surface area contributed by atoms with Gasteiger partial charge in [-0.1, -0.05) is 0 Å². The van der Waals surface area contributed by atoms with Crippen LogP contribution < -0.4 is 9.64 Å². The van der Waals surface area contributed by atoms with Crippen molar-refractivity contribution in [1.82, 2.24) is 9.88 Å². The normalized spacial score (nSPS) is 20.3. The highest BCUT2D eigenvalue weighted by atomic mass is 32.1. The maximum absolute atomic E-state index is 12.7. The SMILES string of the molecule is Cc1cscc1C(=O)N1CC[C@@H](Oc2cccnc2N2CCCC2)C1. The van der Waals surface area contributed by atoms with E-state index >= 15 is 0 Å². The van der Waals surface area contributed by atoms with Crippen LogP contribution in [0.4, 0.5) is 5.82 Å². The highest BCUT2D eigenvalue weighted by Crippen LogP contribution is 2.30. The minimum Gasteiger partial charge on any atom is -0.485 e. The summed E-state index contributed by atoms with van der Waals surface area (Å²) in [5.74, 6) is 1.91. The number of nitrogens with zero attached hydrogens (tertiary/aromatic N) is 3. The standard InChI is InChI=1S/C19H23N3O2S/c1-14-12-25-13-16(14)19(23)22-10-6-15(11-22)24-17-5-4-7-20-18(17)21-8-2-3-9-21/h4-5,7,12-13,15H,2-3,6,8-11H2,1H3/t15-/m1/s1. The van der Waals surface area contributed by atoms with Crippen LogP contribution in [-0.4, -0.2) is 48.1 Å². The van der Waals surface area contributed by atoms with E-state index in [9.17, 15) is 4.79 Å². The minimum atomic E-state index is 0.0356. The predicted molar refractivity (Wildman–Crippen MR) is 99.7 cm³/mol. The lowest BCUT2D eigenvalue weighted by Gasteiger charge is -2.22. The van der Waals surface area contributed by atoms with Crippen LogP contribution in [0.3, 0.4) is 0 Å². The summed E-state index contributed by atoms with van der Waals surface area (Å²) in [5, 5.41) is 3.97. The molecule has 4 rings (SSSR count). The van der Waals surface area contributed by atoms with Crippen LogP contribution in [0.1, 0.15) is 35.2 Å². The third kappa shape index (κ3) is 3.35. The fourth-order valence-electron chi connectivity index (χ4n) is 3.58. The van der Waals surface area contributed by atoms with Gasteiger partial charge in [0.15, 0.2) is 11.6 Å². The van der Waals surface area contributed by atoms with E-state index in [1.165, 1.54) is 12.8 Å². The molecule has 0 radical (unpaired) electrons.